The van der Waals surface area contributed by atoms with Crippen LogP contribution >= 0.6 is 43.5 Å². The molecule has 88 valence electrons. The average molecular weight is 380 g/mol. The normalized spacial score (nSPS) is 10.5. The molecule has 17 heavy (non-hydrogen) atoms. The summed E-state index contributed by atoms with van der Waals surface area (Å²) in [6, 6.07) is 5.09. The third-order valence-electron chi connectivity index (χ3n) is 2.04. The monoisotopic (exact) mass is 378 g/mol. The summed E-state index contributed by atoms with van der Waals surface area (Å²) in [5, 5.41) is 9.94. The van der Waals surface area contributed by atoms with Crippen molar-refractivity contribution >= 4 is 43.5 Å². The number of nitrogens with zero attached hydrogens (tertiary/aromatic N) is 1. The first-order chi connectivity index (χ1) is 7.99. The van der Waals surface area contributed by atoms with Crippen LogP contribution in [-0.2, 0) is 0 Å². The van der Waals surface area contributed by atoms with Gasteiger partial charge in [0.2, 0.25) is 5.88 Å². The number of H-pyrrole nitrogens is 1. The van der Waals surface area contributed by atoms with Crippen molar-refractivity contribution < 1.29 is 5.11 Å². The maximum atomic E-state index is 11.4. The van der Waals surface area contributed by atoms with Crippen LogP contribution in [0.4, 0.5) is 0 Å². The van der Waals surface area contributed by atoms with E-state index < -0.39 is 5.56 Å². The van der Waals surface area contributed by atoms with Crippen molar-refractivity contribution in [1.29, 1.82) is 0 Å². The van der Waals surface area contributed by atoms with Gasteiger partial charge in [0, 0.05) is 10.0 Å². The summed E-state index contributed by atoms with van der Waals surface area (Å²) in [7, 11) is 0. The number of halogens is 3. The lowest BCUT2D eigenvalue weighted by Crippen LogP contribution is -2.09. The van der Waals surface area contributed by atoms with Crippen molar-refractivity contribution in [2.75, 3.05) is 0 Å². The van der Waals surface area contributed by atoms with E-state index in [9.17, 15) is 9.90 Å². The molecule has 1 aromatic heterocycles. The molecular formula is C10H5Br2ClN2O2. The first-order valence-electron chi connectivity index (χ1n) is 4.43. The number of hydrogen-bond acceptors (Lipinski definition) is 3. The van der Waals surface area contributed by atoms with E-state index in [0.717, 1.165) is 4.47 Å². The zero-order valence-corrected chi connectivity index (χ0v) is 12.1. The van der Waals surface area contributed by atoms with Crippen LogP contribution in [0.25, 0.3) is 11.4 Å². The molecule has 4 nitrogen and oxygen atoms in total. The van der Waals surface area contributed by atoms with Gasteiger partial charge in [0.05, 0.1) is 5.02 Å². The second kappa shape index (κ2) is 4.80. The number of hydrogen-bond donors (Lipinski definition) is 2. The van der Waals surface area contributed by atoms with Gasteiger partial charge in [0.25, 0.3) is 5.56 Å². The van der Waals surface area contributed by atoms with Gasteiger partial charge in [-0.2, -0.15) is 4.98 Å². The Labute approximate surface area is 118 Å². The minimum atomic E-state index is -0.452. The van der Waals surface area contributed by atoms with Gasteiger partial charge in [-0.3, -0.25) is 4.79 Å². The lowest BCUT2D eigenvalue weighted by Gasteiger charge is -2.04. The molecule has 7 heteroatoms. The summed E-state index contributed by atoms with van der Waals surface area (Å²) in [5.74, 6) is -0.104. The molecule has 0 aliphatic rings. The molecule has 1 heterocycles. The Hall–Kier alpha value is -0.850. The van der Waals surface area contributed by atoms with Gasteiger partial charge >= 0.3 is 0 Å². The number of nitrogens with one attached hydrogen (secondary N) is 1. The SMILES string of the molecule is O=c1[nH]c(-c2ccc(Br)c(Cl)c2)nc(O)c1Br. The molecule has 0 saturated carbocycles. The fraction of sp³-hybridized carbons (Fsp3) is 0. The standard InChI is InChI=1S/C10H5Br2ClN2O2/c11-5-2-1-4(3-6(5)13)8-14-9(16)7(12)10(17)15-8/h1-3H,(H2,14,15,16,17). The second-order valence-corrected chi connectivity index (χ2v) is 5.24. The van der Waals surface area contributed by atoms with E-state index in [1.54, 1.807) is 18.2 Å². The highest BCUT2D eigenvalue weighted by molar-refractivity contribution is 9.10. The number of aromatic hydroxyl groups is 1. The maximum Gasteiger partial charge on any atom is 0.269 e. The van der Waals surface area contributed by atoms with E-state index in [0.29, 0.717) is 10.6 Å². The molecule has 0 spiro atoms. The van der Waals surface area contributed by atoms with Crippen molar-refractivity contribution in [3.05, 3.63) is 42.5 Å². The predicted molar refractivity (Wildman–Crippen MR) is 72.4 cm³/mol. The zero-order valence-electron chi connectivity index (χ0n) is 8.17. The fourth-order valence-electron chi connectivity index (χ4n) is 1.23. The summed E-state index contributed by atoms with van der Waals surface area (Å²) in [5.41, 5.74) is 0.157. The van der Waals surface area contributed by atoms with Crippen LogP contribution in [-0.4, -0.2) is 15.1 Å². The molecule has 0 atom stereocenters. The largest absolute Gasteiger partial charge is 0.492 e. The van der Waals surface area contributed by atoms with Gasteiger partial charge in [-0.15, -0.1) is 0 Å². The molecular weight excluding hydrogens is 375 g/mol. The van der Waals surface area contributed by atoms with Crippen molar-refractivity contribution in [2.24, 2.45) is 0 Å². The van der Waals surface area contributed by atoms with Crippen LogP contribution in [0.3, 0.4) is 0 Å². The minimum absolute atomic E-state index is 0.00413. The Morgan fingerprint density at radius 3 is 2.65 bits per heavy atom. The van der Waals surface area contributed by atoms with E-state index >= 15 is 0 Å². The highest BCUT2D eigenvalue weighted by Gasteiger charge is 2.10. The lowest BCUT2D eigenvalue weighted by atomic mass is 10.2. The van der Waals surface area contributed by atoms with Gasteiger partial charge in [-0.1, -0.05) is 17.7 Å². The summed E-state index contributed by atoms with van der Waals surface area (Å²) >= 11 is 12.1. The summed E-state index contributed by atoms with van der Waals surface area (Å²) in [4.78, 5) is 17.8. The lowest BCUT2D eigenvalue weighted by molar-refractivity contribution is 0.448. The van der Waals surface area contributed by atoms with Gasteiger partial charge in [-0.05, 0) is 44.0 Å². The second-order valence-electron chi connectivity index (χ2n) is 3.18. The Morgan fingerprint density at radius 2 is 2.06 bits per heavy atom. The zero-order chi connectivity index (χ0) is 12.6. The third kappa shape index (κ3) is 2.53. The molecule has 2 rings (SSSR count). The first kappa shape index (κ1) is 12.6. The molecule has 0 aliphatic carbocycles. The molecule has 0 fully saturated rings. The van der Waals surface area contributed by atoms with Crippen molar-refractivity contribution in [3.8, 4) is 17.3 Å². The first-order valence-corrected chi connectivity index (χ1v) is 6.39. The predicted octanol–water partition coefficient (Wildman–Crippen LogP) is 3.32. The van der Waals surface area contributed by atoms with Crippen molar-refractivity contribution in [1.82, 2.24) is 9.97 Å². The molecule has 0 aliphatic heterocycles. The summed E-state index contributed by atoms with van der Waals surface area (Å²) in [6.07, 6.45) is 0. The van der Waals surface area contributed by atoms with Crippen molar-refractivity contribution in [2.45, 2.75) is 0 Å². The average Bonchev–Trinajstić information content (AvgIpc) is 2.29. The van der Waals surface area contributed by atoms with Crippen molar-refractivity contribution in [3.63, 3.8) is 0 Å². The molecule has 0 unspecified atom stereocenters. The molecule has 0 amide bonds. The number of benzene rings is 1. The van der Waals surface area contributed by atoms with Crippen LogP contribution < -0.4 is 5.56 Å². The highest BCUT2D eigenvalue weighted by Crippen LogP contribution is 2.28. The maximum absolute atomic E-state index is 11.4. The molecule has 0 bridgehead atoms. The molecule has 2 aromatic rings. The molecule has 2 N–H and O–H groups in total. The van der Waals surface area contributed by atoms with E-state index in [1.807, 2.05) is 0 Å². The molecule has 0 saturated heterocycles. The number of aromatic nitrogens is 2. The van der Waals surface area contributed by atoms with Crippen LogP contribution in [0.1, 0.15) is 0 Å². The van der Waals surface area contributed by atoms with Crippen LogP contribution in [0.5, 0.6) is 5.88 Å². The van der Waals surface area contributed by atoms with Crippen LogP contribution in [0.2, 0.25) is 5.02 Å². The number of rotatable bonds is 1. The molecule has 0 radical (unpaired) electrons. The van der Waals surface area contributed by atoms with Gasteiger partial charge < -0.3 is 10.1 Å². The Morgan fingerprint density at radius 1 is 1.35 bits per heavy atom. The smallest absolute Gasteiger partial charge is 0.269 e. The topological polar surface area (TPSA) is 66.0 Å². The van der Waals surface area contributed by atoms with Gasteiger partial charge in [0.1, 0.15) is 10.3 Å². The Balaban J connectivity index is 2.61. The summed E-state index contributed by atoms with van der Waals surface area (Å²) < 4.78 is 0.746. The summed E-state index contributed by atoms with van der Waals surface area (Å²) in [6.45, 7) is 0. The van der Waals surface area contributed by atoms with Crippen LogP contribution in [0, 0.1) is 0 Å². The van der Waals surface area contributed by atoms with E-state index in [2.05, 4.69) is 41.8 Å². The molecule has 1 aromatic carbocycles. The van der Waals surface area contributed by atoms with E-state index in [-0.39, 0.29) is 16.2 Å². The Bertz CT molecular complexity index is 643. The van der Waals surface area contributed by atoms with E-state index in [1.165, 1.54) is 0 Å². The van der Waals surface area contributed by atoms with Gasteiger partial charge in [0.15, 0.2) is 0 Å². The fourth-order valence-corrected chi connectivity index (χ4v) is 1.84. The van der Waals surface area contributed by atoms with Gasteiger partial charge in [-0.25, -0.2) is 0 Å². The quantitative estimate of drug-likeness (QED) is 0.798. The number of aromatic amines is 1. The minimum Gasteiger partial charge on any atom is -0.492 e. The van der Waals surface area contributed by atoms with Crippen LogP contribution in [0.15, 0.2) is 31.9 Å². The Kier molecular flexibility index (Phi) is 3.56. The highest BCUT2D eigenvalue weighted by atomic mass is 79.9. The van der Waals surface area contributed by atoms with E-state index in [4.69, 9.17) is 11.6 Å². The third-order valence-corrected chi connectivity index (χ3v) is 3.99.